The third-order valence-electron chi connectivity index (χ3n) is 2.14. The van der Waals surface area contributed by atoms with Crippen LogP contribution in [0.5, 0.6) is 0 Å². The maximum atomic E-state index is 4.42. The number of aliphatic imine (C=N–C) groups is 1. The van der Waals surface area contributed by atoms with Gasteiger partial charge in [-0.1, -0.05) is 17.8 Å². The Kier molecular flexibility index (Phi) is 1.70. The fourth-order valence-electron chi connectivity index (χ4n) is 1.54. The third-order valence-corrected chi connectivity index (χ3v) is 3.94. The van der Waals surface area contributed by atoms with Crippen molar-refractivity contribution in [3.8, 4) is 0 Å². The molecular weight excluding hydrogens is 200 g/mol. The predicted octanol–water partition coefficient (Wildman–Crippen LogP) is 2.46. The number of thiophene rings is 1. The Morgan fingerprint density at radius 2 is 2.46 bits per heavy atom. The molecule has 2 aliphatic rings. The van der Waals surface area contributed by atoms with Gasteiger partial charge in [-0.05, 0) is 11.4 Å². The van der Waals surface area contributed by atoms with E-state index in [1.54, 1.807) is 23.1 Å². The number of fused-ring (bicyclic) bond motifs is 1. The lowest BCUT2D eigenvalue weighted by molar-refractivity contribution is 0.652. The Morgan fingerprint density at radius 3 is 3.31 bits per heavy atom. The summed E-state index contributed by atoms with van der Waals surface area (Å²) in [5, 5.41) is 5.49. The van der Waals surface area contributed by atoms with Gasteiger partial charge in [0.05, 0.1) is 17.1 Å². The smallest absolute Gasteiger partial charge is 0.168 e. The Morgan fingerprint density at radius 1 is 1.46 bits per heavy atom. The van der Waals surface area contributed by atoms with Crippen molar-refractivity contribution in [2.75, 3.05) is 13.1 Å². The maximum Gasteiger partial charge on any atom is 0.168 e. The summed E-state index contributed by atoms with van der Waals surface area (Å²) in [5.41, 5.74) is 1.33. The van der Waals surface area contributed by atoms with E-state index < -0.39 is 0 Å². The number of nitrogens with zero attached hydrogens (tertiary/aromatic N) is 2. The summed E-state index contributed by atoms with van der Waals surface area (Å²) >= 11 is 3.53. The first-order chi connectivity index (χ1) is 6.45. The summed E-state index contributed by atoms with van der Waals surface area (Å²) in [6.45, 7) is 2.00. The van der Waals surface area contributed by atoms with Gasteiger partial charge in [0, 0.05) is 12.0 Å². The first-order valence-electron chi connectivity index (χ1n) is 4.18. The predicted molar refractivity (Wildman–Crippen MR) is 58.9 cm³/mol. The summed E-state index contributed by atoms with van der Waals surface area (Å²) in [6.07, 6.45) is 0. The van der Waals surface area contributed by atoms with Crippen molar-refractivity contribution >= 4 is 34.0 Å². The van der Waals surface area contributed by atoms with Gasteiger partial charge in [-0.15, -0.1) is 11.3 Å². The van der Waals surface area contributed by atoms with Crippen molar-refractivity contribution < 1.29 is 0 Å². The minimum atomic E-state index is 0.949. The molecule has 0 aliphatic carbocycles. The molecule has 0 saturated carbocycles. The average molecular weight is 208 g/mol. The molecule has 2 nitrogen and oxygen atoms in total. The summed E-state index contributed by atoms with van der Waals surface area (Å²) < 4.78 is 0. The van der Waals surface area contributed by atoms with E-state index in [1.807, 2.05) is 0 Å². The molecular formula is C9H8N2S2. The highest BCUT2D eigenvalue weighted by atomic mass is 32.2. The van der Waals surface area contributed by atoms with Gasteiger partial charge in [-0.25, -0.2) is 0 Å². The Balaban J connectivity index is 1.98. The molecule has 0 bridgehead atoms. The molecule has 0 fully saturated rings. The standard InChI is InChI=1S/C9H8N2S2/c1-2-8(12-5-1)7-6-13-9-10-3-4-11(7)9/h1-2,5-6H,3-4H2. The number of hydrogen-bond donors (Lipinski definition) is 0. The molecule has 4 heteroatoms. The fraction of sp³-hybridized carbons (Fsp3) is 0.222. The second-order valence-electron chi connectivity index (χ2n) is 2.91. The van der Waals surface area contributed by atoms with Crippen molar-refractivity contribution in [1.82, 2.24) is 4.90 Å². The fourth-order valence-corrected chi connectivity index (χ4v) is 3.32. The van der Waals surface area contributed by atoms with Gasteiger partial charge < -0.3 is 4.90 Å². The summed E-state index contributed by atoms with van der Waals surface area (Å²) in [7, 11) is 0. The van der Waals surface area contributed by atoms with E-state index in [-0.39, 0.29) is 0 Å². The highest BCUT2D eigenvalue weighted by Gasteiger charge is 2.27. The lowest BCUT2D eigenvalue weighted by Crippen LogP contribution is -2.19. The van der Waals surface area contributed by atoms with E-state index >= 15 is 0 Å². The van der Waals surface area contributed by atoms with Gasteiger partial charge in [0.2, 0.25) is 0 Å². The minimum Gasteiger partial charge on any atom is -0.317 e. The molecule has 66 valence electrons. The van der Waals surface area contributed by atoms with E-state index in [1.165, 1.54) is 15.7 Å². The molecule has 0 atom stereocenters. The zero-order valence-corrected chi connectivity index (χ0v) is 8.57. The van der Waals surface area contributed by atoms with E-state index in [9.17, 15) is 0 Å². The summed E-state index contributed by atoms with van der Waals surface area (Å²) in [4.78, 5) is 8.06. The summed E-state index contributed by atoms with van der Waals surface area (Å²) in [6, 6.07) is 4.26. The first-order valence-corrected chi connectivity index (χ1v) is 5.94. The normalized spacial score (nSPS) is 20.2. The molecule has 0 radical (unpaired) electrons. The Labute approximate surface area is 85.0 Å². The molecule has 13 heavy (non-hydrogen) atoms. The van der Waals surface area contributed by atoms with Crippen LogP contribution in [0.15, 0.2) is 27.9 Å². The SMILES string of the molecule is C1=C(c2cccs2)N2CCN=C2S1. The molecule has 3 rings (SSSR count). The van der Waals surface area contributed by atoms with Gasteiger partial charge >= 0.3 is 0 Å². The zero-order valence-electron chi connectivity index (χ0n) is 6.93. The van der Waals surface area contributed by atoms with Crippen molar-refractivity contribution in [3.05, 3.63) is 27.8 Å². The molecule has 1 aromatic heterocycles. The van der Waals surface area contributed by atoms with Gasteiger partial charge in [0.25, 0.3) is 0 Å². The molecule has 1 aromatic rings. The second-order valence-corrected chi connectivity index (χ2v) is 4.70. The second kappa shape index (κ2) is 2.89. The van der Waals surface area contributed by atoms with Crippen molar-refractivity contribution in [2.45, 2.75) is 0 Å². The highest BCUT2D eigenvalue weighted by Crippen LogP contribution is 2.36. The van der Waals surface area contributed by atoms with Crippen LogP contribution >= 0.6 is 23.1 Å². The van der Waals surface area contributed by atoms with E-state index in [4.69, 9.17) is 0 Å². The van der Waals surface area contributed by atoms with E-state index in [0.29, 0.717) is 0 Å². The van der Waals surface area contributed by atoms with Crippen LogP contribution < -0.4 is 0 Å². The number of thioether (sulfide) groups is 1. The van der Waals surface area contributed by atoms with Crippen LogP contribution in [0, 0.1) is 0 Å². The van der Waals surface area contributed by atoms with E-state index in [2.05, 4.69) is 32.8 Å². The monoisotopic (exact) mass is 208 g/mol. The van der Waals surface area contributed by atoms with Crippen molar-refractivity contribution in [2.24, 2.45) is 4.99 Å². The van der Waals surface area contributed by atoms with Crippen LogP contribution in [-0.2, 0) is 0 Å². The van der Waals surface area contributed by atoms with Crippen LogP contribution in [0.2, 0.25) is 0 Å². The van der Waals surface area contributed by atoms with Crippen molar-refractivity contribution in [1.29, 1.82) is 0 Å². The van der Waals surface area contributed by atoms with Gasteiger partial charge in [-0.3, -0.25) is 4.99 Å². The topological polar surface area (TPSA) is 15.6 Å². The average Bonchev–Trinajstić information content (AvgIpc) is 2.79. The Bertz CT molecular complexity index is 378. The van der Waals surface area contributed by atoms with Crippen LogP contribution in [0.3, 0.4) is 0 Å². The molecule has 2 aliphatic heterocycles. The van der Waals surface area contributed by atoms with Gasteiger partial charge in [-0.2, -0.15) is 0 Å². The van der Waals surface area contributed by atoms with Gasteiger partial charge in [0.15, 0.2) is 5.17 Å². The molecule has 0 spiro atoms. The maximum absolute atomic E-state index is 4.42. The zero-order chi connectivity index (χ0) is 8.67. The highest BCUT2D eigenvalue weighted by molar-refractivity contribution is 8.16. The van der Waals surface area contributed by atoms with Crippen LogP contribution in [0.25, 0.3) is 5.70 Å². The lowest BCUT2D eigenvalue weighted by atomic mass is 10.3. The van der Waals surface area contributed by atoms with Gasteiger partial charge in [0.1, 0.15) is 0 Å². The first kappa shape index (κ1) is 7.64. The minimum absolute atomic E-state index is 0.949. The number of hydrogen-bond acceptors (Lipinski definition) is 4. The van der Waals surface area contributed by atoms with E-state index in [0.717, 1.165) is 13.1 Å². The molecule has 0 amide bonds. The molecule has 0 N–H and O–H groups in total. The molecule has 0 unspecified atom stereocenters. The summed E-state index contributed by atoms with van der Waals surface area (Å²) in [5.74, 6) is 0. The quantitative estimate of drug-likeness (QED) is 0.704. The molecule has 0 aromatic carbocycles. The number of amidine groups is 1. The largest absolute Gasteiger partial charge is 0.317 e. The number of rotatable bonds is 1. The van der Waals surface area contributed by atoms with Crippen molar-refractivity contribution in [3.63, 3.8) is 0 Å². The molecule has 3 heterocycles. The van der Waals surface area contributed by atoms with Crippen LogP contribution in [0.4, 0.5) is 0 Å². The van der Waals surface area contributed by atoms with Crippen LogP contribution in [-0.4, -0.2) is 23.2 Å². The molecule has 0 saturated heterocycles. The lowest BCUT2D eigenvalue weighted by Gasteiger charge is -2.14. The Hall–Kier alpha value is -0.740. The third kappa shape index (κ3) is 1.13. The van der Waals surface area contributed by atoms with Crippen LogP contribution in [0.1, 0.15) is 4.88 Å².